The van der Waals surface area contributed by atoms with Gasteiger partial charge in [-0.2, -0.15) is 0 Å². The van der Waals surface area contributed by atoms with Crippen LogP contribution in [0.1, 0.15) is 57.1 Å². The molecule has 172 valence electrons. The zero-order valence-corrected chi connectivity index (χ0v) is 19.5. The Labute approximate surface area is 187 Å². The van der Waals surface area contributed by atoms with E-state index in [4.69, 9.17) is 0 Å². The van der Waals surface area contributed by atoms with Gasteiger partial charge in [-0.1, -0.05) is 51.0 Å². The Morgan fingerprint density at radius 2 is 1.39 bits per heavy atom. The number of aromatic nitrogens is 1. The van der Waals surface area contributed by atoms with Gasteiger partial charge in [0, 0.05) is 43.1 Å². The van der Waals surface area contributed by atoms with Crippen molar-refractivity contribution in [3.63, 3.8) is 0 Å². The van der Waals surface area contributed by atoms with Crippen LogP contribution in [0, 0.1) is 0 Å². The molecule has 0 saturated heterocycles. The molecule has 2 aromatic rings. The number of hydrogen-bond acceptors (Lipinski definition) is 4. The Balaban J connectivity index is 0.00000480. The number of anilines is 1. The summed E-state index contributed by atoms with van der Waals surface area (Å²) in [6.07, 6.45) is 13.1. The lowest BCUT2D eigenvalue weighted by molar-refractivity contribution is -0.696. The number of benzene rings is 1. The van der Waals surface area contributed by atoms with Crippen molar-refractivity contribution in [3.05, 3.63) is 59.9 Å². The maximum absolute atomic E-state index is 10.7. The third kappa shape index (κ3) is 10.6. The second-order valence-electron chi connectivity index (χ2n) is 7.60. The average molecular weight is 449 g/mol. The van der Waals surface area contributed by atoms with E-state index >= 15 is 0 Å². The van der Waals surface area contributed by atoms with E-state index in [-0.39, 0.29) is 11.2 Å². The van der Waals surface area contributed by atoms with Gasteiger partial charge in [0.15, 0.2) is 12.4 Å². The highest BCUT2D eigenvalue weighted by Gasteiger charge is 2.05. The van der Waals surface area contributed by atoms with Gasteiger partial charge in [0.25, 0.3) is 0 Å². The van der Waals surface area contributed by atoms with Crippen LogP contribution in [0.15, 0.2) is 48.8 Å². The molecular formula is C24H36N2O4S. The van der Waals surface area contributed by atoms with Crippen molar-refractivity contribution >= 4 is 28.0 Å². The zero-order valence-electron chi connectivity index (χ0n) is 18.7. The van der Waals surface area contributed by atoms with Gasteiger partial charge < -0.3 is 14.9 Å². The summed E-state index contributed by atoms with van der Waals surface area (Å²) < 4.78 is 33.9. The first-order valence-electron chi connectivity index (χ1n) is 10.9. The van der Waals surface area contributed by atoms with Gasteiger partial charge in [0.1, 0.15) is 6.54 Å². The molecule has 2 N–H and O–H groups in total. The van der Waals surface area contributed by atoms with Gasteiger partial charge in [-0.3, -0.25) is 0 Å². The van der Waals surface area contributed by atoms with E-state index in [0.29, 0.717) is 13.0 Å². The second kappa shape index (κ2) is 14.0. The van der Waals surface area contributed by atoms with Gasteiger partial charge in [0.05, 0.1) is 10.1 Å². The lowest BCUT2D eigenvalue weighted by Crippen LogP contribution is -2.33. The highest BCUT2D eigenvalue weighted by molar-refractivity contribution is 7.85. The number of unbranched alkanes of at least 4 members (excludes halogenated alkanes) is 2. The Hall–Kier alpha value is -2.22. The number of aryl methyl sites for hydroxylation is 1. The maximum atomic E-state index is 10.7. The van der Waals surface area contributed by atoms with Crippen LogP contribution < -0.4 is 9.47 Å². The molecule has 0 fully saturated rings. The fourth-order valence-electron chi connectivity index (χ4n) is 3.21. The van der Waals surface area contributed by atoms with Crippen LogP contribution >= 0.6 is 0 Å². The molecule has 1 aromatic heterocycles. The van der Waals surface area contributed by atoms with Crippen LogP contribution in [0.25, 0.3) is 12.2 Å². The Bertz CT molecular complexity index is 871. The first-order valence-corrected chi connectivity index (χ1v) is 12.4. The Kier molecular flexibility index (Phi) is 12.1. The van der Waals surface area contributed by atoms with Gasteiger partial charge in [-0.05, 0) is 36.1 Å². The minimum absolute atomic E-state index is 0. The molecule has 0 unspecified atom stereocenters. The maximum Gasteiger partial charge on any atom is 0.169 e. The molecule has 6 nitrogen and oxygen atoms in total. The molecule has 0 saturated carbocycles. The van der Waals surface area contributed by atoms with Crippen LogP contribution in [0.3, 0.4) is 0 Å². The third-order valence-electron chi connectivity index (χ3n) is 5.02. The lowest BCUT2D eigenvalue weighted by atomic mass is 10.1. The molecule has 2 rings (SSSR count). The highest BCUT2D eigenvalue weighted by Crippen LogP contribution is 2.18. The molecule has 0 aliphatic carbocycles. The second-order valence-corrected chi connectivity index (χ2v) is 9.13. The fraction of sp³-hybridized carbons (Fsp3) is 0.458. The van der Waals surface area contributed by atoms with Crippen molar-refractivity contribution in [2.24, 2.45) is 0 Å². The molecule has 7 heteroatoms. The topological polar surface area (TPSA) is 95.8 Å². The van der Waals surface area contributed by atoms with E-state index in [1.54, 1.807) is 0 Å². The summed E-state index contributed by atoms with van der Waals surface area (Å²) in [7, 11) is -4.14. The van der Waals surface area contributed by atoms with Crippen molar-refractivity contribution in [3.8, 4) is 0 Å². The highest BCUT2D eigenvalue weighted by atomic mass is 32.2. The van der Waals surface area contributed by atoms with Crippen LogP contribution in [0.5, 0.6) is 0 Å². The van der Waals surface area contributed by atoms with Crippen LogP contribution in [0.4, 0.5) is 5.69 Å². The van der Waals surface area contributed by atoms with E-state index in [0.717, 1.165) is 24.2 Å². The average Bonchev–Trinajstić information content (AvgIpc) is 2.73. The minimum Gasteiger partial charge on any atom is -0.748 e. The molecule has 31 heavy (non-hydrogen) atoms. The minimum atomic E-state index is -4.14. The fourth-order valence-corrected chi connectivity index (χ4v) is 3.69. The van der Waals surface area contributed by atoms with E-state index in [9.17, 15) is 13.0 Å². The van der Waals surface area contributed by atoms with E-state index in [1.807, 2.05) is 29.1 Å². The van der Waals surface area contributed by atoms with Crippen LogP contribution in [-0.4, -0.2) is 37.3 Å². The first-order chi connectivity index (χ1) is 14.4. The molecule has 0 amide bonds. The molecule has 1 aromatic carbocycles. The van der Waals surface area contributed by atoms with Gasteiger partial charge in [-0.25, -0.2) is 13.0 Å². The number of rotatable bonds is 13. The van der Waals surface area contributed by atoms with Crippen molar-refractivity contribution in [1.29, 1.82) is 0 Å². The van der Waals surface area contributed by atoms with Gasteiger partial charge >= 0.3 is 0 Å². The summed E-state index contributed by atoms with van der Waals surface area (Å²) in [5.74, 6) is -0.327. The quantitative estimate of drug-likeness (QED) is 0.345. The van der Waals surface area contributed by atoms with E-state index in [2.05, 4.69) is 55.2 Å². The predicted octanol–water partition coefficient (Wildman–Crippen LogP) is 3.66. The Morgan fingerprint density at radius 1 is 0.871 bits per heavy atom. The molecule has 0 bridgehead atoms. The van der Waals surface area contributed by atoms with Crippen molar-refractivity contribution in [1.82, 2.24) is 0 Å². The Morgan fingerprint density at radius 3 is 1.87 bits per heavy atom. The molecule has 1 heterocycles. The summed E-state index contributed by atoms with van der Waals surface area (Å²) in [6.45, 7) is 7.19. The van der Waals surface area contributed by atoms with E-state index in [1.165, 1.54) is 31.4 Å². The monoisotopic (exact) mass is 448 g/mol. The summed E-state index contributed by atoms with van der Waals surface area (Å²) in [4.78, 5) is 2.48. The predicted molar refractivity (Wildman–Crippen MR) is 127 cm³/mol. The summed E-state index contributed by atoms with van der Waals surface area (Å²) in [5, 5.41) is 0. The smallest absolute Gasteiger partial charge is 0.169 e. The lowest BCUT2D eigenvalue weighted by Gasteiger charge is -2.24. The van der Waals surface area contributed by atoms with Gasteiger partial charge in [0.2, 0.25) is 0 Å². The van der Waals surface area contributed by atoms with Crippen LogP contribution in [-0.2, 0) is 16.7 Å². The molecule has 0 spiro atoms. The SMILES string of the molecule is CCCCN(CCCC)c1ccc(/C=C/c2cc[n+](CCCS(=O)(=O)[O-])cc2)cc1.O. The molecule has 0 aliphatic heterocycles. The molecule has 0 aliphatic rings. The van der Waals surface area contributed by atoms with Crippen LogP contribution in [0.2, 0.25) is 0 Å². The summed E-state index contributed by atoms with van der Waals surface area (Å²) >= 11 is 0. The van der Waals surface area contributed by atoms with Crippen molar-refractivity contribution < 1.29 is 23.0 Å². The summed E-state index contributed by atoms with van der Waals surface area (Å²) in [5.41, 5.74) is 3.51. The molecular weight excluding hydrogens is 412 g/mol. The zero-order chi connectivity index (χ0) is 21.8. The summed E-state index contributed by atoms with van der Waals surface area (Å²) in [6, 6.07) is 12.7. The van der Waals surface area contributed by atoms with Crippen molar-refractivity contribution in [2.75, 3.05) is 23.7 Å². The van der Waals surface area contributed by atoms with E-state index < -0.39 is 10.1 Å². The van der Waals surface area contributed by atoms with Crippen molar-refractivity contribution in [2.45, 2.75) is 52.5 Å². The first kappa shape index (κ1) is 26.8. The standard InChI is InChI=1S/C24H34N2O3S.H2O/c1-3-5-17-26(18-6-4-2)24-12-10-22(11-13-24)8-9-23-14-19-25(20-15-23)16-7-21-30(27,28)29;/h8-15,19-20H,3-7,16-18,21H2,1-2H3;1H2. The molecule has 0 radical (unpaired) electrons. The van der Waals surface area contributed by atoms with Gasteiger partial charge in [-0.15, -0.1) is 0 Å². The largest absolute Gasteiger partial charge is 0.748 e. The normalized spacial score (nSPS) is 11.5. The molecule has 0 atom stereocenters. The number of pyridine rings is 1. The third-order valence-corrected chi connectivity index (χ3v) is 5.81. The number of hydrogen-bond donors (Lipinski definition) is 0. The number of nitrogens with zero attached hydrogens (tertiary/aromatic N) is 2.